The van der Waals surface area contributed by atoms with Gasteiger partial charge in [0.05, 0.1) is 0 Å². The highest BCUT2D eigenvalue weighted by atomic mass is 16.6. The van der Waals surface area contributed by atoms with E-state index in [-0.39, 0.29) is 37.8 Å². The van der Waals surface area contributed by atoms with E-state index >= 15 is 0 Å². The molecule has 0 saturated heterocycles. The standard InChI is InChI=1S/C16H20N2O6/c1-3-13(19)23-9-7-21-11-5-6-12(16(18)15(11)17)22-8-10-24-14(20)4-2/h3-6H,1-2,7-10,17-18H2. The van der Waals surface area contributed by atoms with Crippen LogP contribution in [0.1, 0.15) is 0 Å². The number of carbonyl (C=O) groups excluding carboxylic acids is 2. The molecule has 0 aliphatic heterocycles. The maximum absolute atomic E-state index is 10.9. The Hall–Kier alpha value is -3.16. The fourth-order valence-corrected chi connectivity index (χ4v) is 1.55. The summed E-state index contributed by atoms with van der Waals surface area (Å²) in [4.78, 5) is 21.8. The van der Waals surface area contributed by atoms with Gasteiger partial charge in [0.1, 0.15) is 49.3 Å². The third-order valence-electron chi connectivity index (χ3n) is 2.71. The van der Waals surface area contributed by atoms with Crippen LogP contribution in [0.3, 0.4) is 0 Å². The molecule has 0 heterocycles. The Morgan fingerprint density at radius 3 is 1.54 bits per heavy atom. The van der Waals surface area contributed by atoms with Gasteiger partial charge in [-0.3, -0.25) is 0 Å². The van der Waals surface area contributed by atoms with E-state index in [0.717, 1.165) is 12.2 Å². The first-order chi connectivity index (χ1) is 11.5. The van der Waals surface area contributed by atoms with Crippen molar-refractivity contribution in [3.05, 3.63) is 37.4 Å². The molecule has 0 spiro atoms. The third-order valence-corrected chi connectivity index (χ3v) is 2.71. The van der Waals surface area contributed by atoms with Crippen LogP contribution in [0.5, 0.6) is 11.5 Å². The van der Waals surface area contributed by atoms with Crippen molar-refractivity contribution in [1.29, 1.82) is 0 Å². The maximum Gasteiger partial charge on any atom is 0.330 e. The summed E-state index contributed by atoms with van der Waals surface area (Å²) < 4.78 is 20.3. The molecule has 0 fully saturated rings. The molecular formula is C16H20N2O6. The van der Waals surface area contributed by atoms with Gasteiger partial charge >= 0.3 is 11.9 Å². The number of esters is 2. The van der Waals surface area contributed by atoms with Gasteiger partial charge in [0, 0.05) is 12.2 Å². The molecule has 0 aliphatic rings. The van der Waals surface area contributed by atoms with Crippen LogP contribution in [0.25, 0.3) is 0 Å². The van der Waals surface area contributed by atoms with Gasteiger partial charge in [-0.25, -0.2) is 9.59 Å². The zero-order valence-corrected chi connectivity index (χ0v) is 13.2. The summed E-state index contributed by atoms with van der Waals surface area (Å²) >= 11 is 0. The second-order valence-corrected chi connectivity index (χ2v) is 4.33. The summed E-state index contributed by atoms with van der Waals surface area (Å²) in [7, 11) is 0. The fraction of sp³-hybridized carbons (Fsp3) is 0.250. The predicted octanol–water partition coefficient (Wildman–Crippen LogP) is 1.07. The smallest absolute Gasteiger partial charge is 0.330 e. The highest BCUT2D eigenvalue weighted by molar-refractivity contribution is 5.81. The number of nitrogens with two attached hydrogens (primary N) is 2. The quantitative estimate of drug-likeness (QED) is 0.281. The molecule has 130 valence electrons. The van der Waals surface area contributed by atoms with Gasteiger partial charge in [0.2, 0.25) is 0 Å². The van der Waals surface area contributed by atoms with E-state index in [1.165, 1.54) is 0 Å². The van der Waals surface area contributed by atoms with E-state index in [2.05, 4.69) is 13.2 Å². The van der Waals surface area contributed by atoms with Crippen molar-refractivity contribution in [2.24, 2.45) is 0 Å². The van der Waals surface area contributed by atoms with E-state index in [4.69, 9.17) is 30.4 Å². The first-order valence-corrected chi connectivity index (χ1v) is 7.01. The minimum absolute atomic E-state index is 0.0527. The number of nitrogen functional groups attached to an aromatic ring is 2. The molecule has 1 aromatic carbocycles. The zero-order chi connectivity index (χ0) is 17.9. The molecule has 0 saturated carbocycles. The van der Waals surface area contributed by atoms with Gasteiger partial charge in [-0.05, 0) is 12.1 Å². The summed E-state index contributed by atoms with van der Waals surface area (Å²) in [5, 5.41) is 0. The number of rotatable bonds is 10. The largest absolute Gasteiger partial charge is 0.488 e. The zero-order valence-electron chi connectivity index (χ0n) is 13.2. The van der Waals surface area contributed by atoms with Gasteiger partial charge in [0.15, 0.2) is 0 Å². The van der Waals surface area contributed by atoms with E-state index in [9.17, 15) is 9.59 Å². The van der Waals surface area contributed by atoms with Gasteiger partial charge in [-0.1, -0.05) is 13.2 Å². The molecule has 0 radical (unpaired) electrons. The Kier molecular flexibility index (Phi) is 7.69. The highest BCUT2D eigenvalue weighted by Gasteiger charge is 2.11. The summed E-state index contributed by atoms with van der Waals surface area (Å²) in [5.41, 5.74) is 12.1. The summed E-state index contributed by atoms with van der Waals surface area (Å²) in [6.45, 7) is 6.89. The molecule has 1 rings (SSSR count). The van der Waals surface area contributed by atoms with E-state index in [1.54, 1.807) is 12.1 Å². The highest BCUT2D eigenvalue weighted by Crippen LogP contribution is 2.35. The number of carbonyl (C=O) groups is 2. The summed E-state index contributed by atoms with van der Waals surface area (Å²) in [6.07, 6.45) is 2.12. The average Bonchev–Trinajstić information content (AvgIpc) is 2.59. The Bertz CT molecular complexity index is 562. The van der Waals surface area contributed by atoms with Crippen molar-refractivity contribution < 1.29 is 28.5 Å². The first kappa shape index (κ1) is 18.9. The summed E-state index contributed by atoms with van der Waals surface area (Å²) in [5.74, 6) is -0.390. The Morgan fingerprint density at radius 1 is 0.833 bits per heavy atom. The van der Waals surface area contributed by atoms with Crippen LogP contribution in [0, 0.1) is 0 Å². The lowest BCUT2D eigenvalue weighted by Gasteiger charge is -2.14. The average molecular weight is 336 g/mol. The third kappa shape index (κ3) is 5.91. The molecular weight excluding hydrogens is 316 g/mol. The van der Waals surface area contributed by atoms with Crippen molar-refractivity contribution in [2.75, 3.05) is 37.9 Å². The Balaban J connectivity index is 2.50. The van der Waals surface area contributed by atoms with Crippen molar-refractivity contribution in [1.82, 2.24) is 0 Å². The van der Waals surface area contributed by atoms with Crippen LogP contribution in [0.2, 0.25) is 0 Å². The van der Waals surface area contributed by atoms with Crippen LogP contribution in [0.15, 0.2) is 37.4 Å². The number of benzene rings is 1. The lowest BCUT2D eigenvalue weighted by molar-refractivity contribution is -0.139. The molecule has 8 nitrogen and oxygen atoms in total. The van der Waals surface area contributed by atoms with Gasteiger partial charge in [-0.15, -0.1) is 0 Å². The minimum atomic E-state index is -0.535. The monoisotopic (exact) mass is 336 g/mol. The predicted molar refractivity (Wildman–Crippen MR) is 88.6 cm³/mol. The molecule has 0 amide bonds. The van der Waals surface area contributed by atoms with Crippen LogP contribution >= 0.6 is 0 Å². The van der Waals surface area contributed by atoms with E-state index in [1.807, 2.05) is 0 Å². The first-order valence-electron chi connectivity index (χ1n) is 7.01. The Labute approximate surface area is 139 Å². The molecule has 0 unspecified atom stereocenters. The molecule has 8 heteroatoms. The fourth-order valence-electron chi connectivity index (χ4n) is 1.55. The van der Waals surface area contributed by atoms with Crippen molar-refractivity contribution >= 4 is 23.3 Å². The number of hydrogen-bond acceptors (Lipinski definition) is 8. The topological polar surface area (TPSA) is 123 Å². The molecule has 4 N–H and O–H groups in total. The molecule has 24 heavy (non-hydrogen) atoms. The minimum Gasteiger partial charge on any atom is -0.488 e. The maximum atomic E-state index is 10.9. The van der Waals surface area contributed by atoms with Gasteiger partial charge in [0.25, 0.3) is 0 Å². The number of ether oxygens (including phenoxy) is 4. The Morgan fingerprint density at radius 2 is 1.21 bits per heavy atom. The SMILES string of the molecule is C=CC(=O)OCCOc1ccc(OCCOC(=O)C=C)c(N)c1N. The van der Waals surface area contributed by atoms with Crippen molar-refractivity contribution in [3.63, 3.8) is 0 Å². The van der Waals surface area contributed by atoms with Gasteiger partial charge in [-0.2, -0.15) is 0 Å². The second-order valence-electron chi connectivity index (χ2n) is 4.33. The summed E-state index contributed by atoms with van der Waals surface area (Å²) in [6, 6.07) is 3.15. The molecule has 1 aromatic rings. The molecule has 0 aromatic heterocycles. The molecule has 0 bridgehead atoms. The van der Waals surface area contributed by atoms with E-state index < -0.39 is 11.9 Å². The lowest BCUT2D eigenvalue weighted by Crippen LogP contribution is -2.13. The number of hydrogen-bond donors (Lipinski definition) is 2. The molecule has 0 aliphatic carbocycles. The van der Waals surface area contributed by atoms with Gasteiger partial charge < -0.3 is 30.4 Å². The normalized spacial score (nSPS) is 9.67. The lowest BCUT2D eigenvalue weighted by atomic mass is 10.2. The van der Waals surface area contributed by atoms with Crippen molar-refractivity contribution in [2.45, 2.75) is 0 Å². The van der Waals surface area contributed by atoms with Crippen LogP contribution in [-0.2, 0) is 19.1 Å². The van der Waals surface area contributed by atoms with Crippen LogP contribution < -0.4 is 20.9 Å². The van der Waals surface area contributed by atoms with Crippen LogP contribution in [0.4, 0.5) is 11.4 Å². The van der Waals surface area contributed by atoms with E-state index in [0.29, 0.717) is 11.5 Å². The van der Waals surface area contributed by atoms with Crippen molar-refractivity contribution in [3.8, 4) is 11.5 Å². The van der Waals surface area contributed by atoms with Crippen LogP contribution in [-0.4, -0.2) is 38.4 Å². The molecule has 0 atom stereocenters. The number of anilines is 2. The second kappa shape index (κ2) is 9.78.